The Hall–Kier alpha value is -2.77. The highest BCUT2D eigenvalue weighted by molar-refractivity contribution is 6.04. The van der Waals surface area contributed by atoms with Crippen molar-refractivity contribution in [1.82, 2.24) is 9.55 Å². The Balaban J connectivity index is 2.23. The van der Waals surface area contributed by atoms with Crippen LogP contribution in [0.25, 0.3) is 0 Å². The van der Waals surface area contributed by atoms with Gasteiger partial charge >= 0.3 is 6.61 Å². The Kier molecular flexibility index (Phi) is 4.27. The number of amides is 1. The minimum atomic E-state index is -3.03. The van der Waals surface area contributed by atoms with E-state index in [0.717, 1.165) is 6.07 Å². The third-order valence-electron chi connectivity index (χ3n) is 2.59. The number of aryl methyl sites for hydroxylation is 1. The third-order valence-corrected chi connectivity index (χ3v) is 2.59. The summed E-state index contributed by atoms with van der Waals surface area (Å²) in [6.45, 7) is -3.03. The Morgan fingerprint density at radius 1 is 1.43 bits per heavy atom. The van der Waals surface area contributed by atoms with E-state index in [1.807, 2.05) is 0 Å². The molecule has 0 aromatic carbocycles. The average Bonchev–Trinajstić information content (AvgIpc) is 2.43. The third kappa shape index (κ3) is 3.62. The number of anilines is 1. The first-order chi connectivity index (χ1) is 9.97. The molecule has 0 radical (unpaired) electrons. The highest BCUT2D eigenvalue weighted by atomic mass is 19.3. The molecule has 1 amide bonds. The fourth-order valence-corrected chi connectivity index (χ4v) is 1.54. The normalized spacial score (nSPS) is 10.5. The summed E-state index contributed by atoms with van der Waals surface area (Å²) in [5.74, 6) is -1.06. The predicted octanol–water partition coefficient (Wildman–Crippen LogP) is 1.63. The molecule has 2 aromatic heterocycles. The summed E-state index contributed by atoms with van der Waals surface area (Å²) in [7, 11) is 1.54. The molecule has 0 spiro atoms. The number of pyridine rings is 2. The van der Waals surface area contributed by atoms with Gasteiger partial charge in [-0.05, 0) is 18.2 Å². The monoisotopic (exact) mass is 295 g/mol. The lowest BCUT2D eigenvalue weighted by molar-refractivity contribution is -0.0495. The fourth-order valence-electron chi connectivity index (χ4n) is 1.54. The topological polar surface area (TPSA) is 73.2 Å². The van der Waals surface area contributed by atoms with E-state index in [0.29, 0.717) is 0 Å². The summed E-state index contributed by atoms with van der Waals surface area (Å²) in [6, 6.07) is 5.20. The number of alkyl halides is 2. The van der Waals surface area contributed by atoms with Gasteiger partial charge in [-0.2, -0.15) is 8.78 Å². The van der Waals surface area contributed by atoms with Crippen molar-refractivity contribution in [2.75, 3.05) is 5.32 Å². The number of nitrogens with one attached hydrogen (secondary N) is 1. The molecule has 110 valence electrons. The Bertz CT molecular complexity index is 716. The van der Waals surface area contributed by atoms with Gasteiger partial charge in [0.15, 0.2) is 11.6 Å². The van der Waals surface area contributed by atoms with Crippen molar-refractivity contribution >= 4 is 11.7 Å². The molecular formula is C13H11F2N3O3. The summed E-state index contributed by atoms with van der Waals surface area (Å²) in [4.78, 5) is 27.2. The molecule has 0 aliphatic rings. The van der Waals surface area contributed by atoms with E-state index >= 15 is 0 Å². The molecule has 0 unspecified atom stereocenters. The molecule has 0 atom stereocenters. The zero-order valence-corrected chi connectivity index (χ0v) is 10.9. The van der Waals surface area contributed by atoms with Gasteiger partial charge in [-0.1, -0.05) is 0 Å². The van der Waals surface area contributed by atoms with E-state index in [1.165, 1.54) is 42.2 Å². The maximum Gasteiger partial charge on any atom is 0.387 e. The van der Waals surface area contributed by atoms with E-state index in [2.05, 4.69) is 15.0 Å². The van der Waals surface area contributed by atoms with E-state index in [1.54, 1.807) is 0 Å². The molecule has 2 rings (SSSR count). The van der Waals surface area contributed by atoms with Crippen LogP contribution < -0.4 is 15.6 Å². The van der Waals surface area contributed by atoms with Crippen molar-refractivity contribution in [3.05, 3.63) is 52.6 Å². The molecule has 0 fully saturated rings. The number of nitrogens with zero attached hydrogens (tertiary/aromatic N) is 2. The molecule has 2 aromatic rings. The number of hydrogen-bond acceptors (Lipinski definition) is 4. The number of rotatable bonds is 4. The van der Waals surface area contributed by atoms with Crippen LogP contribution in [0.4, 0.5) is 14.6 Å². The first-order valence-electron chi connectivity index (χ1n) is 5.85. The molecule has 0 saturated carbocycles. The Labute approximate surface area is 118 Å². The maximum absolute atomic E-state index is 12.3. The van der Waals surface area contributed by atoms with Gasteiger partial charge in [-0.15, -0.1) is 0 Å². The van der Waals surface area contributed by atoms with Crippen LogP contribution in [0.15, 0.2) is 41.5 Å². The van der Waals surface area contributed by atoms with Gasteiger partial charge in [0.05, 0.1) is 0 Å². The molecular weight excluding hydrogens is 284 g/mol. The van der Waals surface area contributed by atoms with Gasteiger partial charge in [0.1, 0.15) is 0 Å². The highest BCUT2D eigenvalue weighted by Crippen LogP contribution is 2.23. The second-order valence-corrected chi connectivity index (χ2v) is 4.05. The van der Waals surface area contributed by atoms with Crippen molar-refractivity contribution in [3.8, 4) is 5.75 Å². The van der Waals surface area contributed by atoms with Crippen molar-refractivity contribution in [2.24, 2.45) is 7.05 Å². The fraction of sp³-hybridized carbons (Fsp3) is 0.154. The minimum Gasteiger partial charge on any atom is -0.431 e. The summed E-state index contributed by atoms with van der Waals surface area (Å²) < 4.78 is 30.0. The van der Waals surface area contributed by atoms with E-state index in [-0.39, 0.29) is 22.7 Å². The lowest BCUT2D eigenvalue weighted by Crippen LogP contribution is -2.20. The SMILES string of the molecule is Cn1ccc(C(=O)Nc2ncccc2OC(F)F)cc1=O. The second kappa shape index (κ2) is 6.12. The molecule has 0 saturated heterocycles. The van der Waals surface area contributed by atoms with E-state index in [4.69, 9.17) is 0 Å². The number of hydrogen-bond donors (Lipinski definition) is 1. The molecule has 0 aliphatic carbocycles. The van der Waals surface area contributed by atoms with Crippen molar-refractivity contribution in [1.29, 1.82) is 0 Å². The molecule has 21 heavy (non-hydrogen) atoms. The first kappa shape index (κ1) is 14.6. The highest BCUT2D eigenvalue weighted by Gasteiger charge is 2.14. The Morgan fingerprint density at radius 2 is 2.19 bits per heavy atom. The minimum absolute atomic E-state index is 0.0896. The largest absolute Gasteiger partial charge is 0.431 e. The summed E-state index contributed by atoms with van der Waals surface area (Å²) in [5, 5.41) is 2.32. The van der Waals surface area contributed by atoms with Gasteiger partial charge in [0.25, 0.3) is 11.5 Å². The van der Waals surface area contributed by atoms with Crippen LogP contribution >= 0.6 is 0 Å². The zero-order valence-electron chi connectivity index (χ0n) is 10.9. The van der Waals surface area contributed by atoms with Crippen LogP contribution in [0.5, 0.6) is 5.75 Å². The molecule has 8 heteroatoms. The van der Waals surface area contributed by atoms with Crippen molar-refractivity contribution in [2.45, 2.75) is 6.61 Å². The van der Waals surface area contributed by atoms with Gasteiger partial charge in [0, 0.05) is 31.1 Å². The van der Waals surface area contributed by atoms with Gasteiger partial charge in [-0.3, -0.25) is 9.59 Å². The number of carbonyl (C=O) groups excluding carboxylic acids is 1. The Morgan fingerprint density at radius 3 is 2.86 bits per heavy atom. The van der Waals surface area contributed by atoms with Gasteiger partial charge in [-0.25, -0.2) is 4.98 Å². The number of carbonyl (C=O) groups is 1. The molecule has 0 aliphatic heterocycles. The average molecular weight is 295 g/mol. The lowest BCUT2D eigenvalue weighted by Gasteiger charge is -2.10. The zero-order chi connectivity index (χ0) is 15.4. The number of aromatic nitrogens is 2. The van der Waals surface area contributed by atoms with Crippen LogP contribution in [0, 0.1) is 0 Å². The van der Waals surface area contributed by atoms with E-state index < -0.39 is 12.5 Å². The van der Waals surface area contributed by atoms with Crippen molar-refractivity contribution in [3.63, 3.8) is 0 Å². The molecule has 0 bridgehead atoms. The van der Waals surface area contributed by atoms with E-state index in [9.17, 15) is 18.4 Å². The van der Waals surface area contributed by atoms with Crippen LogP contribution in [-0.2, 0) is 7.05 Å². The predicted molar refractivity (Wildman–Crippen MR) is 70.5 cm³/mol. The number of ether oxygens (including phenoxy) is 1. The summed E-state index contributed by atoms with van der Waals surface area (Å²) >= 11 is 0. The molecule has 6 nitrogen and oxygen atoms in total. The van der Waals surface area contributed by atoms with Crippen LogP contribution in [0.1, 0.15) is 10.4 Å². The van der Waals surface area contributed by atoms with Gasteiger partial charge in [0.2, 0.25) is 0 Å². The maximum atomic E-state index is 12.3. The smallest absolute Gasteiger partial charge is 0.387 e. The summed E-state index contributed by atoms with van der Waals surface area (Å²) in [5.41, 5.74) is -0.278. The molecule has 1 N–H and O–H groups in total. The van der Waals surface area contributed by atoms with Crippen LogP contribution in [0.3, 0.4) is 0 Å². The van der Waals surface area contributed by atoms with Gasteiger partial charge < -0.3 is 14.6 Å². The number of halogens is 2. The lowest BCUT2D eigenvalue weighted by atomic mass is 10.2. The second-order valence-electron chi connectivity index (χ2n) is 4.05. The quantitative estimate of drug-likeness (QED) is 0.930. The standard InChI is InChI=1S/C13H11F2N3O3/c1-18-6-4-8(7-10(18)19)12(20)17-11-9(21-13(14)15)3-2-5-16-11/h2-7,13H,1H3,(H,16,17,20). The van der Waals surface area contributed by atoms with Crippen LogP contribution in [-0.4, -0.2) is 22.1 Å². The molecule has 2 heterocycles. The summed E-state index contributed by atoms with van der Waals surface area (Å²) in [6.07, 6.45) is 2.74. The van der Waals surface area contributed by atoms with Crippen molar-refractivity contribution < 1.29 is 18.3 Å². The van der Waals surface area contributed by atoms with Crippen LogP contribution in [0.2, 0.25) is 0 Å². The first-order valence-corrected chi connectivity index (χ1v) is 5.85.